The number of esters is 1. The Balaban J connectivity index is 2.37. The molecule has 1 saturated carbocycles. The highest BCUT2D eigenvalue weighted by Crippen LogP contribution is 2.27. The van der Waals surface area contributed by atoms with Crippen LogP contribution in [0.1, 0.15) is 36.0 Å². The van der Waals surface area contributed by atoms with E-state index >= 15 is 0 Å². The lowest BCUT2D eigenvalue weighted by Gasteiger charge is -2.12. The molecule has 1 aliphatic rings. The summed E-state index contributed by atoms with van der Waals surface area (Å²) in [7, 11) is 0.610. The molecule has 0 spiro atoms. The van der Waals surface area contributed by atoms with Gasteiger partial charge >= 0.3 is 5.97 Å². The van der Waals surface area contributed by atoms with Gasteiger partial charge in [0.2, 0.25) is 0 Å². The monoisotopic (exact) mass is 324 g/mol. The Labute approximate surface area is 119 Å². The SMILES string of the molecule is O=C(OC1CCCC1)c1c(F)ccc(S(=O)(=O)Cl)c1F. The summed E-state index contributed by atoms with van der Waals surface area (Å²) >= 11 is 0. The third-order valence-corrected chi connectivity index (χ3v) is 4.44. The van der Waals surface area contributed by atoms with Crippen LogP contribution in [0, 0.1) is 11.6 Å². The number of halogens is 3. The predicted molar refractivity (Wildman–Crippen MR) is 67.1 cm³/mol. The van der Waals surface area contributed by atoms with Gasteiger partial charge in [0.15, 0.2) is 5.82 Å². The maximum absolute atomic E-state index is 13.9. The molecular formula is C12H11ClF2O4S. The predicted octanol–water partition coefficient (Wildman–Crippen LogP) is 2.99. The molecule has 4 nitrogen and oxygen atoms in total. The van der Waals surface area contributed by atoms with E-state index in [9.17, 15) is 22.0 Å². The first kappa shape index (κ1) is 15.2. The van der Waals surface area contributed by atoms with Gasteiger partial charge in [-0.05, 0) is 37.8 Å². The fourth-order valence-electron chi connectivity index (χ4n) is 2.13. The van der Waals surface area contributed by atoms with Crippen LogP contribution < -0.4 is 0 Å². The first-order valence-corrected chi connectivity index (χ1v) is 8.25. The molecule has 0 radical (unpaired) electrons. The van der Waals surface area contributed by atoms with E-state index in [1.165, 1.54) is 0 Å². The second kappa shape index (κ2) is 5.65. The zero-order valence-corrected chi connectivity index (χ0v) is 11.8. The van der Waals surface area contributed by atoms with Gasteiger partial charge in [0, 0.05) is 10.7 Å². The van der Waals surface area contributed by atoms with Crippen molar-refractivity contribution in [1.29, 1.82) is 0 Å². The molecule has 1 fully saturated rings. The van der Waals surface area contributed by atoms with Gasteiger partial charge in [-0.1, -0.05) is 0 Å². The molecule has 0 N–H and O–H groups in total. The second-order valence-electron chi connectivity index (χ2n) is 4.48. The largest absolute Gasteiger partial charge is 0.459 e. The van der Waals surface area contributed by atoms with Gasteiger partial charge in [0.1, 0.15) is 22.4 Å². The van der Waals surface area contributed by atoms with Crippen molar-refractivity contribution in [2.45, 2.75) is 36.7 Å². The van der Waals surface area contributed by atoms with E-state index in [4.69, 9.17) is 15.4 Å². The third kappa shape index (κ3) is 3.09. The zero-order chi connectivity index (χ0) is 14.9. The zero-order valence-electron chi connectivity index (χ0n) is 10.2. The number of carbonyl (C=O) groups is 1. The minimum absolute atomic E-state index is 0.391. The molecule has 8 heteroatoms. The molecule has 0 atom stereocenters. The van der Waals surface area contributed by atoms with E-state index in [0.29, 0.717) is 25.0 Å². The van der Waals surface area contributed by atoms with Gasteiger partial charge in [0.25, 0.3) is 9.05 Å². The van der Waals surface area contributed by atoms with Crippen molar-refractivity contribution in [1.82, 2.24) is 0 Å². The third-order valence-electron chi connectivity index (χ3n) is 3.10. The molecule has 0 aliphatic heterocycles. The molecule has 20 heavy (non-hydrogen) atoms. The molecule has 110 valence electrons. The van der Waals surface area contributed by atoms with Crippen molar-refractivity contribution < 1.29 is 26.7 Å². The summed E-state index contributed by atoms with van der Waals surface area (Å²) in [6.45, 7) is 0. The number of ether oxygens (including phenoxy) is 1. The van der Waals surface area contributed by atoms with E-state index in [2.05, 4.69) is 0 Å². The average Bonchev–Trinajstić information content (AvgIpc) is 2.79. The number of rotatable bonds is 3. The highest BCUT2D eigenvalue weighted by Gasteiger charge is 2.29. The van der Waals surface area contributed by atoms with Gasteiger partial charge in [-0.2, -0.15) is 0 Å². The maximum Gasteiger partial charge on any atom is 0.344 e. The molecule has 1 aromatic carbocycles. The van der Waals surface area contributed by atoms with Crippen LogP contribution in [0.5, 0.6) is 0 Å². The van der Waals surface area contributed by atoms with Crippen LogP contribution in [-0.4, -0.2) is 20.5 Å². The molecule has 0 unspecified atom stereocenters. The summed E-state index contributed by atoms with van der Waals surface area (Å²) in [5, 5.41) is 0. The molecule has 0 saturated heterocycles. The maximum atomic E-state index is 13.9. The summed E-state index contributed by atoms with van der Waals surface area (Å²) in [5.74, 6) is -3.92. The molecule has 1 aliphatic carbocycles. The smallest absolute Gasteiger partial charge is 0.344 e. The lowest BCUT2D eigenvalue weighted by atomic mass is 10.2. The summed E-state index contributed by atoms with van der Waals surface area (Å²) in [4.78, 5) is 10.8. The topological polar surface area (TPSA) is 60.4 Å². The molecule has 0 bridgehead atoms. The molecule has 0 heterocycles. The lowest BCUT2D eigenvalue weighted by molar-refractivity contribution is 0.0306. The standard InChI is InChI=1S/C12H11ClF2O4S/c13-20(17,18)9-6-5-8(14)10(11(9)15)12(16)19-7-3-1-2-4-7/h5-7H,1-4H2. The van der Waals surface area contributed by atoms with Crippen LogP contribution in [-0.2, 0) is 13.8 Å². The molecule has 0 aromatic heterocycles. The summed E-state index contributed by atoms with van der Waals surface area (Å²) in [5.41, 5.74) is -1.03. The van der Waals surface area contributed by atoms with Crippen LogP contribution in [0.25, 0.3) is 0 Å². The number of hydrogen-bond donors (Lipinski definition) is 0. The van der Waals surface area contributed by atoms with Crippen molar-refractivity contribution in [2.75, 3.05) is 0 Å². The van der Waals surface area contributed by atoms with Crippen LogP contribution >= 0.6 is 10.7 Å². The summed E-state index contributed by atoms with van der Waals surface area (Å²) in [6, 6.07) is 1.34. The van der Waals surface area contributed by atoms with Crippen molar-refractivity contribution in [3.05, 3.63) is 29.3 Å². The number of hydrogen-bond acceptors (Lipinski definition) is 4. The van der Waals surface area contributed by atoms with Gasteiger partial charge in [-0.15, -0.1) is 0 Å². The van der Waals surface area contributed by atoms with Gasteiger partial charge < -0.3 is 4.74 Å². The normalized spacial score (nSPS) is 16.4. The Bertz CT molecular complexity index is 639. The molecule has 2 rings (SSSR count). The molecule has 0 amide bonds. The second-order valence-corrected chi connectivity index (χ2v) is 7.02. The first-order chi connectivity index (χ1) is 9.30. The molecule has 1 aromatic rings. The van der Waals surface area contributed by atoms with Crippen molar-refractivity contribution >= 4 is 25.7 Å². The minimum Gasteiger partial charge on any atom is -0.459 e. The Hall–Kier alpha value is -1.21. The Morgan fingerprint density at radius 3 is 2.40 bits per heavy atom. The fourth-order valence-corrected chi connectivity index (χ4v) is 3.03. The average molecular weight is 325 g/mol. The van der Waals surface area contributed by atoms with Gasteiger partial charge in [0.05, 0.1) is 0 Å². The van der Waals surface area contributed by atoms with Crippen molar-refractivity contribution in [3.63, 3.8) is 0 Å². The Kier molecular flexibility index (Phi) is 4.29. The Morgan fingerprint density at radius 2 is 1.85 bits per heavy atom. The van der Waals surface area contributed by atoms with E-state index in [0.717, 1.165) is 12.8 Å². The van der Waals surface area contributed by atoms with Crippen molar-refractivity contribution in [2.24, 2.45) is 0 Å². The van der Waals surface area contributed by atoms with E-state index < -0.39 is 43.2 Å². The van der Waals surface area contributed by atoms with E-state index in [1.807, 2.05) is 0 Å². The van der Waals surface area contributed by atoms with Gasteiger partial charge in [-0.3, -0.25) is 0 Å². The van der Waals surface area contributed by atoms with Crippen molar-refractivity contribution in [3.8, 4) is 0 Å². The highest BCUT2D eigenvalue weighted by molar-refractivity contribution is 8.13. The summed E-state index contributed by atoms with van der Waals surface area (Å²) in [6.07, 6.45) is 2.61. The highest BCUT2D eigenvalue weighted by atomic mass is 35.7. The van der Waals surface area contributed by atoms with Crippen LogP contribution in [0.15, 0.2) is 17.0 Å². The summed E-state index contributed by atoms with van der Waals surface area (Å²) < 4.78 is 54.8. The van der Waals surface area contributed by atoms with Crippen LogP contribution in [0.4, 0.5) is 8.78 Å². The quantitative estimate of drug-likeness (QED) is 0.633. The van der Waals surface area contributed by atoms with Gasteiger partial charge in [-0.25, -0.2) is 22.0 Å². The molecular weight excluding hydrogens is 314 g/mol. The van der Waals surface area contributed by atoms with Crippen LogP contribution in [0.2, 0.25) is 0 Å². The van der Waals surface area contributed by atoms with E-state index in [1.54, 1.807) is 0 Å². The van der Waals surface area contributed by atoms with E-state index in [-0.39, 0.29) is 0 Å². The Morgan fingerprint density at radius 1 is 1.25 bits per heavy atom. The number of carbonyl (C=O) groups excluding carboxylic acids is 1. The first-order valence-electron chi connectivity index (χ1n) is 5.94. The van der Waals surface area contributed by atoms with Crippen LogP contribution in [0.3, 0.4) is 0 Å². The lowest BCUT2D eigenvalue weighted by Crippen LogP contribution is -2.18. The minimum atomic E-state index is -4.41. The number of benzene rings is 1. The fraction of sp³-hybridized carbons (Fsp3) is 0.417.